The molecule has 32 heavy (non-hydrogen) atoms. The van der Waals surface area contributed by atoms with Gasteiger partial charge in [-0.05, 0) is 24.1 Å². The smallest absolute Gasteiger partial charge is 0.339 e. The fraction of sp³-hybridized carbons (Fsp3) is 0.286. The second kappa shape index (κ2) is 11.8. The van der Waals surface area contributed by atoms with Gasteiger partial charge in [0.25, 0.3) is 0 Å². The number of nitrogens with two attached hydrogens (primary N) is 1. The standard InChI is InChI=1S/C16H14O5.C5H11NO5/c1-9-11(15(17)18)8-12(10-6-4-3-5-7-10)14(21-2)13(9)16(19)20;6-5(11)4(10)3(9)2(8)1-7/h3-8H,1-2H3,(H,17,18)(H,19,20);2-4,7-10H,1H2,(H2,6,11). The quantitative estimate of drug-likeness (QED) is 0.276. The van der Waals surface area contributed by atoms with E-state index in [1.807, 2.05) is 6.07 Å². The van der Waals surface area contributed by atoms with E-state index in [9.17, 15) is 24.6 Å². The number of primary amides is 1. The molecule has 3 atom stereocenters. The minimum atomic E-state index is -1.85. The number of carboxylic acid groups (broad SMARTS) is 2. The maximum absolute atomic E-state index is 11.5. The number of ether oxygens (including phenoxy) is 1. The molecular weight excluding hydrogens is 426 g/mol. The number of carboxylic acids is 2. The second-order valence-electron chi connectivity index (χ2n) is 6.57. The SMILES string of the molecule is COc1c(-c2ccccc2)cc(C(=O)O)c(C)c1C(=O)O.NC(=O)C(O)C(O)C(O)CO. The molecule has 2 aromatic rings. The van der Waals surface area contributed by atoms with Crippen molar-refractivity contribution in [2.75, 3.05) is 13.7 Å². The Morgan fingerprint density at radius 3 is 2.00 bits per heavy atom. The van der Waals surface area contributed by atoms with Gasteiger partial charge in [-0.1, -0.05) is 30.3 Å². The van der Waals surface area contributed by atoms with Crippen LogP contribution in [0, 0.1) is 6.92 Å². The topological polar surface area (TPSA) is 208 Å². The van der Waals surface area contributed by atoms with Crippen molar-refractivity contribution in [3.8, 4) is 16.9 Å². The molecule has 0 saturated heterocycles. The second-order valence-corrected chi connectivity index (χ2v) is 6.57. The van der Waals surface area contributed by atoms with Gasteiger partial charge in [0.1, 0.15) is 23.5 Å². The molecule has 0 aliphatic heterocycles. The lowest BCUT2D eigenvalue weighted by Crippen LogP contribution is -2.46. The Kier molecular flexibility index (Phi) is 9.75. The molecule has 11 heteroatoms. The fourth-order valence-electron chi connectivity index (χ4n) is 2.77. The van der Waals surface area contributed by atoms with Crippen molar-refractivity contribution in [3.05, 3.63) is 53.1 Å². The molecule has 0 aliphatic rings. The van der Waals surface area contributed by atoms with E-state index >= 15 is 0 Å². The lowest BCUT2D eigenvalue weighted by molar-refractivity contribution is -0.139. The Hall–Kier alpha value is -3.51. The van der Waals surface area contributed by atoms with Crippen LogP contribution in [0.25, 0.3) is 11.1 Å². The number of carbonyl (C=O) groups is 3. The summed E-state index contributed by atoms with van der Waals surface area (Å²) in [6.45, 7) is 0.718. The molecule has 2 rings (SSSR count). The van der Waals surface area contributed by atoms with Crippen LogP contribution in [0.2, 0.25) is 0 Å². The molecule has 2 aromatic carbocycles. The van der Waals surface area contributed by atoms with E-state index < -0.39 is 42.8 Å². The van der Waals surface area contributed by atoms with Crippen molar-refractivity contribution >= 4 is 17.8 Å². The Labute approximate surface area is 182 Å². The highest BCUT2D eigenvalue weighted by molar-refractivity contribution is 6.02. The van der Waals surface area contributed by atoms with Crippen molar-refractivity contribution in [1.82, 2.24) is 0 Å². The Morgan fingerprint density at radius 2 is 1.59 bits per heavy atom. The maximum atomic E-state index is 11.5. The van der Waals surface area contributed by atoms with Crippen molar-refractivity contribution in [2.24, 2.45) is 5.73 Å². The molecule has 8 N–H and O–H groups in total. The van der Waals surface area contributed by atoms with Crippen molar-refractivity contribution in [2.45, 2.75) is 25.2 Å². The zero-order valence-electron chi connectivity index (χ0n) is 17.3. The monoisotopic (exact) mass is 451 g/mol. The Balaban J connectivity index is 0.000000396. The molecule has 11 nitrogen and oxygen atoms in total. The van der Waals surface area contributed by atoms with Crippen LogP contribution in [0.4, 0.5) is 0 Å². The van der Waals surface area contributed by atoms with E-state index in [4.69, 9.17) is 25.2 Å². The van der Waals surface area contributed by atoms with E-state index in [0.717, 1.165) is 0 Å². The number of carbonyl (C=O) groups excluding carboxylic acids is 1. The summed E-state index contributed by atoms with van der Waals surface area (Å²) in [5.41, 5.74) is 5.72. The van der Waals surface area contributed by atoms with E-state index in [2.05, 4.69) is 5.73 Å². The zero-order chi connectivity index (χ0) is 24.6. The number of amides is 1. The molecule has 0 fully saturated rings. The summed E-state index contributed by atoms with van der Waals surface area (Å²) >= 11 is 0. The number of methoxy groups -OCH3 is 1. The van der Waals surface area contributed by atoms with Gasteiger partial charge in [-0.3, -0.25) is 4.79 Å². The third kappa shape index (κ3) is 6.25. The summed E-state index contributed by atoms with van der Waals surface area (Å²) in [5, 5.41) is 53.1. The molecule has 0 saturated carbocycles. The number of hydrogen-bond acceptors (Lipinski definition) is 8. The van der Waals surface area contributed by atoms with Gasteiger partial charge in [-0.2, -0.15) is 0 Å². The first-order chi connectivity index (χ1) is 15.0. The van der Waals surface area contributed by atoms with Gasteiger partial charge in [0.2, 0.25) is 5.91 Å². The summed E-state index contributed by atoms with van der Waals surface area (Å²) in [6, 6.07) is 10.4. The fourth-order valence-corrected chi connectivity index (χ4v) is 2.77. The largest absolute Gasteiger partial charge is 0.495 e. The van der Waals surface area contributed by atoms with Crippen LogP contribution in [0.3, 0.4) is 0 Å². The lowest BCUT2D eigenvalue weighted by atomic mass is 9.93. The summed E-state index contributed by atoms with van der Waals surface area (Å²) < 4.78 is 5.23. The normalized spacial score (nSPS) is 13.2. The molecule has 0 aliphatic carbocycles. The number of aliphatic hydroxyl groups is 4. The first-order valence-electron chi connectivity index (χ1n) is 9.15. The molecule has 0 bridgehead atoms. The number of aromatic carboxylic acids is 2. The average Bonchev–Trinajstić information content (AvgIpc) is 2.77. The lowest BCUT2D eigenvalue weighted by Gasteiger charge is -2.18. The molecule has 0 aromatic heterocycles. The number of aliphatic hydroxyl groups excluding tert-OH is 4. The molecule has 0 radical (unpaired) electrons. The van der Waals surface area contributed by atoms with Gasteiger partial charge in [-0.15, -0.1) is 0 Å². The van der Waals surface area contributed by atoms with Crippen molar-refractivity contribution < 1.29 is 49.8 Å². The molecule has 0 heterocycles. The van der Waals surface area contributed by atoms with Crippen LogP contribution in [-0.4, -0.2) is 80.5 Å². The van der Waals surface area contributed by atoms with Crippen LogP contribution < -0.4 is 10.5 Å². The van der Waals surface area contributed by atoms with Gasteiger partial charge in [-0.25, -0.2) is 9.59 Å². The Morgan fingerprint density at radius 1 is 1.03 bits per heavy atom. The van der Waals surface area contributed by atoms with E-state index in [-0.39, 0.29) is 22.4 Å². The number of hydrogen-bond donors (Lipinski definition) is 7. The Bertz CT molecular complexity index is 961. The van der Waals surface area contributed by atoms with Crippen molar-refractivity contribution in [1.29, 1.82) is 0 Å². The highest BCUT2D eigenvalue weighted by atomic mass is 16.5. The van der Waals surface area contributed by atoms with Crippen LogP contribution in [0.5, 0.6) is 5.75 Å². The maximum Gasteiger partial charge on any atom is 0.339 e. The van der Waals surface area contributed by atoms with E-state index in [1.54, 1.807) is 24.3 Å². The van der Waals surface area contributed by atoms with Crippen LogP contribution in [0.1, 0.15) is 26.3 Å². The first-order valence-corrected chi connectivity index (χ1v) is 9.15. The molecule has 174 valence electrons. The van der Waals surface area contributed by atoms with Crippen molar-refractivity contribution in [3.63, 3.8) is 0 Å². The predicted octanol–water partition coefficient (Wildman–Crippen LogP) is -0.386. The predicted molar refractivity (Wildman–Crippen MR) is 111 cm³/mol. The molecule has 3 unspecified atom stereocenters. The highest BCUT2D eigenvalue weighted by Crippen LogP contribution is 2.37. The summed E-state index contributed by atoms with van der Waals surface area (Å²) in [7, 11) is 1.37. The minimum Gasteiger partial charge on any atom is -0.495 e. The number of benzene rings is 2. The van der Waals surface area contributed by atoms with Crippen LogP contribution in [0.15, 0.2) is 36.4 Å². The third-order valence-electron chi connectivity index (χ3n) is 4.47. The minimum absolute atomic E-state index is 0.0490. The molecule has 1 amide bonds. The molecular formula is C21H25NO10. The van der Waals surface area contributed by atoms with Gasteiger partial charge in [0.15, 0.2) is 6.10 Å². The third-order valence-corrected chi connectivity index (χ3v) is 4.47. The average molecular weight is 451 g/mol. The summed E-state index contributed by atoms with van der Waals surface area (Å²) in [6.07, 6.45) is -5.15. The first kappa shape index (κ1) is 26.5. The van der Waals surface area contributed by atoms with Gasteiger partial charge < -0.3 is 41.1 Å². The van der Waals surface area contributed by atoms with Gasteiger partial charge in [0.05, 0.1) is 19.3 Å². The zero-order valence-corrected chi connectivity index (χ0v) is 17.3. The summed E-state index contributed by atoms with van der Waals surface area (Å²) in [5.74, 6) is -3.37. The van der Waals surface area contributed by atoms with E-state index in [0.29, 0.717) is 11.1 Å². The van der Waals surface area contributed by atoms with Crippen LogP contribution >= 0.6 is 0 Å². The van der Waals surface area contributed by atoms with E-state index in [1.165, 1.54) is 20.1 Å². The summed E-state index contributed by atoms with van der Waals surface area (Å²) in [4.78, 5) is 33.0. The van der Waals surface area contributed by atoms with Gasteiger partial charge >= 0.3 is 11.9 Å². The van der Waals surface area contributed by atoms with Crippen LogP contribution in [-0.2, 0) is 4.79 Å². The number of rotatable bonds is 8. The highest BCUT2D eigenvalue weighted by Gasteiger charge is 2.28. The molecule has 0 spiro atoms. The van der Waals surface area contributed by atoms with Gasteiger partial charge in [0, 0.05) is 5.56 Å².